The number of aromatic carboxylic acids is 1. The van der Waals surface area contributed by atoms with Gasteiger partial charge in [-0.1, -0.05) is 0 Å². The predicted octanol–water partition coefficient (Wildman–Crippen LogP) is -2.83. The van der Waals surface area contributed by atoms with Crippen molar-refractivity contribution in [1.82, 2.24) is 0 Å². The molecular formula is C15H17HgNaO8S. The first-order valence-electron chi connectivity index (χ1n) is 7.38. The molecule has 0 spiro atoms. The van der Waals surface area contributed by atoms with E-state index in [0.29, 0.717) is 5.56 Å². The molecule has 0 bridgehead atoms. The maximum Gasteiger partial charge on any atom is 1.00 e. The van der Waals surface area contributed by atoms with Crippen LogP contribution >= 0.6 is 8.24 Å². The summed E-state index contributed by atoms with van der Waals surface area (Å²) in [7, 11) is 1.78. The second-order valence-corrected chi connectivity index (χ2v) is 18.1. The summed E-state index contributed by atoms with van der Waals surface area (Å²) in [6, 6.07) is 7.09. The van der Waals surface area contributed by atoms with Gasteiger partial charge in [-0.2, -0.15) is 0 Å². The van der Waals surface area contributed by atoms with Crippen molar-refractivity contribution >= 4 is 20.2 Å². The van der Waals surface area contributed by atoms with Crippen LogP contribution in [0, 0.1) is 0 Å². The number of rotatable bonds is 6. The third-order valence-corrected chi connectivity index (χ3v) is 15.1. The van der Waals surface area contributed by atoms with E-state index in [1.165, 1.54) is 3.93 Å². The molecule has 0 radical (unpaired) electrons. The maximum atomic E-state index is 10.7. The topological polar surface area (TPSA) is 147 Å². The van der Waals surface area contributed by atoms with Crippen LogP contribution in [0.25, 0.3) is 0 Å². The number of carboxylic acid groups (broad SMARTS) is 1. The van der Waals surface area contributed by atoms with Gasteiger partial charge in [0.25, 0.3) is 0 Å². The van der Waals surface area contributed by atoms with Crippen molar-refractivity contribution in [3.05, 3.63) is 41.3 Å². The minimum Gasteiger partial charge on any atom is -0.505 e. The van der Waals surface area contributed by atoms with Gasteiger partial charge in [0, 0.05) is 0 Å². The normalized spacial score (nSPS) is 16.6. The SMILES string of the molecule is C[CH2][Hg][S]c1ccccc1C(=O)[O-].O=C1O[C@H]([C@@H](O)CO)C(O)=C1O.[Na+]. The van der Waals surface area contributed by atoms with Gasteiger partial charge in [-0.3, -0.25) is 0 Å². The Morgan fingerprint density at radius 1 is 1.38 bits per heavy atom. The van der Waals surface area contributed by atoms with Crippen molar-refractivity contribution < 1.29 is 92.5 Å². The van der Waals surface area contributed by atoms with Crippen LogP contribution in [0.4, 0.5) is 0 Å². The van der Waals surface area contributed by atoms with Gasteiger partial charge in [-0.25, -0.2) is 4.79 Å². The molecule has 0 saturated heterocycles. The Morgan fingerprint density at radius 2 is 2.00 bits per heavy atom. The molecule has 0 fully saturated rings. The number of hydrogen-bond donors (Lipinski definition) is 4. The summed E-state index contributed by atoms with van der Waals surface area (Å²) in [5.74, 6) is -3.84. The van der Waals surface area contributed by atoms with Crippen LogP contribution in [0.3, 0.4) is 0 Å². The summed E-state index contributed by atoms with van der Waals surface area (Å²) < 4.78 is 5.57. The second kappa shape index (κ2) is 13.0. The number of hydrogen-bond acceptors (Lipinski definition) is 9. The molecule has 0 aliphatic carbocycles. The second-order valence-electron chi connectivity index (χ2n) is 4.94. The van der Waals surface area contributed by atoms with Crippen molar-refractivity contribution in [2.75, 3.05) is 6.61 Å². The summed E-state index contributed by atoms with van der Waals surface area (Å²) in [4.78, 5) is 22.1. The van der Waals surface area contributed by atoms with Crippen LogP contribution in [0.2, 0.25) is 3.93 Å². The molecule has 4 N–H and O–H groups in total. The number of aliphatic hydroxyl groups is 4. The number of carbonyl (C=O) groups is 2. The number of carboxylic acids is 1. The Morgan fingerprint density at radius 3 is 2.46 bits per heavy atom. The van der Waals surface area contributed by atoms with Crippen molar-refractivity contribution in [2.45, 2.75) is 28.0 Å². The average Bonchev–Trinajstić information content (AvgIpc) is 2.87. The van der Waals surface area contributed by atoms with E-state index in [9.17, 15) is 14.7 Å². The molecule has 0 amide bonds. The zero-order valence-corrected chi connectivity index (χ0v) is 22.7. The van der Waals surface area contributed by atoms with Crippen molar-refractivity contribution in [3.8, 4) is 0 Å². The zero-order valence-electron chi connectivity index (χ0n) is 14.4. The first-order chi connectivity index (χ1) is 11.8. The molecule has 1 aromatic carbocycles. The Hall–Kier alpha value is -0.295. The first-order valence-corrected chi connectivity index (χ1v) is 19.0. The molecule has 134 valence electrons. The molecule has 26 heavy (non-hydrogen) atoms. The average molecular weight is 581 g/mol. The van der Waals surface area contributed by atoms with Crippen LogP contribution in [0.5, 0.6) is 0 Å². The minimum absolute atomic E-state index is 0. The summed E-state index contributed by atoms with van der Waals surface area (Å²) in [6.07, 6.45) is -2.78. The van der Waals surface area contributed by atoms with E-state index in [2.05, 4.69) is 11.7 Å². The van der Waals surface area contributed by atoms with Crippen molar-refractivity contribution in [2.24, 2.45) is 0 Å². The molecule has 1 aliphatic heterocycles. The largest absolute Gasteiger partial charge is 1.00 e. The maximum absolute atomic E-state index is 10.7. The number of carbonyl (C=O) groups excluding carboxylic acids is 2. The van der Waals surface area contributed by atoms with E-state index in [-0.39, 0.29) is 29.6 Å². The molecule has 1 aromatic rings. The van der Waals surface area contributed by atoms with E-state index in [4.69, 9.17) is 20.4 Å². The summed E-state index contributed by atoms with van der Waals surface area (Å²) in [5.41, 5.74) is 0.348. The summed E-state index contributed by atoms with van der Waals surface area (Å²) in [5, 5.41) is 45.7. The van der Waals surface area contributed by atoms with Crippen LogP contribution in [-0.2, 0) is 32.6 Å². The minimum atomic E-state index is -1.42. The van der Waals surface area contributed by atoms with Crippen LogP contribution in [0.1, 0.15) is 17.3 Å². The number of aliphatic hydroxyl groups excluding tert-OH is 4. The fourth-order valence-corrected chi connectivity index (χ4v) is 10.6. The summed E-state index contributed by atoms with van der Waals surface area (Å²) >= 11 is -0.888. The standard InChI is InChI=1S/C7H6O2S.C6H8O6.C2H5.Hg.Na/c8-7(9)5-3-1-2-4-6(5)10;7-1-2(8)5-3(9)4(10)6(11)12-5;1-2;;/h1-4,10H,(H,8,9);2,5,7-10H,1H2;1H2,2H3;;/q;;;2*+1/p-2/t;2-,5+;;;/m.0.../s1. The van der Waals surface area contributed by atoms with E-state index in [1.54, 1.807) is 20.4 Å². The van der Waals surface area contributed by atoms with Gasteiger partial charge in [-0.05, 0) is 0 Å². The Bertz CT molecular complexity index is 654. The van der Waals surface area contributed by atoms with Gasteiger partial charge >= 0.3 is 128 Å². The van der Waals surface area contributed by atoms with Gasteiger partial charge in [0.2, 0.25) is 5.76 Å². The van der Waals surface area contributed by atoms with Gasteiger partial charge < -0.3 is 25.2 Å². The third kappa shape index (κ3) is 7.38. The molecule has 1 aliphatic rings. The molecule has 0 aromatic heterocycles. The molecule has 8 nitrogen and oxygen atoms in total. The molecule has 0 unspecified atom stereocenters. The van der Waals surface area contributed by atoms with Gasteiger partial charge in [0.15, 0.2) is 11.9 Å². The summed E-state index contributed by atoms with van der Waals surface area (Å²) in [6.45, 7) is 1.49. The Kier molecular flexibility index (Phi) is 12.8. The molecule has 2 rings (SSSR count). The third-order valence-electron chi connectivity index (χ3n) is 3.04. The van der Waals surface area contributed by atoms with Gasteiger partial charge in [0.05, 0.1) is 6.61 Å². The first kappa shape index (κ1) is 25.7. The number of benzene rings is 1. The van der Waals surface area contributed by atoms with Crippen molar-refractivity contribution in [1.29, 1.82) is 0 Å². The predicted molar refractivity (Wildman–Crippen MR) is 82.4 cm³/mol. The van der Waals surface area contributed by atoms with E-state index < -0.39 is 65.3 Å². The fraction of sp³-hybridized carbons (Fsp3) is 0.333. The fourth-order valence-electron chi connectivity index (χ4n) is 1.80. The number of esters is 1. The molecular weight excluding hydrogens is 564 g/mol. The van der Waals surface area contributed by atoms with E-state index >= 15 is 0 Å². The van der Waals surface area contributed by atoms with E-state index in [1.807, 2.05) is 12.1 Å². The number of cyclic esters (lactones) is 1. The Balaban J connectivity index is 0.000000464. The van der Waals surface area contributed by atoms with Crippen LogP contribution in [0.15, 0.2) is 40.7 Å². The molecule has 1 heterocycles. The van der Waals surface area contributed by atoms with Crippen molar-refractivity contribution in [3.63, 3.8) is 0 Å². The Labute approximate surface area is 187 Å². The monoisotopic (exact) mass is 582 g/mol. The quantitative estimate of drug-likeness (QED) is 0.207. The number of ether oxygens (including phenoxy) is 1. The van der Waals surface area contributed by atoms with Gasteiger partial charge in [-0.15, -0.1) is 0 Å². The molecule has 2 atom stereocenters. The van der Waals surface area contributed by atoms with Crippen LogP contribution in [-0.4, -0.2) is 51.2 Å². The van der Waals surface area contributed by atoms with Crippen LogP contribution < -0.4 is 34.7 Å². The zero-order chi connectivity index (χ0) is 19.0. The molecule has 0 saturated carbocycles. The molecule has 11 heteroatoms. The van der Waals surface area contributed by atoms with E-state index in [0.717, 1.165) is 4.90 Å². The smallest absolute Gasteiger partial charge is 0.505 e. The van der Waals surface area contributed by atoms with Gasteiger partial charge in [0.1, 0.15) is 6.10 Å².